The monoisotopic (exact) mass is 463 g/mol. The molecule has 5 rings (SSSR count). The van der Waals surface area contributed by atoms with Gasteiger partial charge in [0.15, 0.2) is 5.82 Å². The molecule has 0 radical (unpaired) electrons. The lowest BCUT2D eigenvalue weighted by molar-refractivity contribution is 0.0628. The van der Waals surface area contributed by atoms with E-state index in [1.807, 2.05) is 53.4 Å². The van der Waals surface area contributed by atoms with Crippen LogP contribution in [0.15, 0.2) is 91.1 Å². The summed E-state index contributed by atoms with van der Waals surface area (Å²) in [6.45, 7) is 6.19. The molecule has 0 unspecified atom stereocenters. The quantitative estimate of drug-likeness (QED) is 0.428. The Hall–Kier alpha value is -4.03. The Labute approximate surface area is 206 Å². The molecule has 2 heterocycles. The Kier molecular flexibility index (Phi) is 6.82. The molecular formula is C29H29N5O. The summed E-state index contributed by atoms with van der Waals surface area (Å²) in [6, 6.07) is 28.1. The van der Waals surface area contributed by atoms with Gasteiger partial charge in [-0.3, -0.25) is 9.69 Å². The zero-order chi connectivity index (χ0) is 24.0. The Morgan fingerprint density at radius 1 is 0.886 bits per heavy atom. The van der Waals surface area contributed by atoms with Crippen LogP contribution in [0.4, 0.5) is 11.5 Å². The third-order valence-electron chi connectivity index (χ3n) is 6.26. The molecule has 1 amide bonds. The molecule has 6 heteroatoms. The molecule has 1 aliphatic rings. The molecule has 1 fully saturated rings. The van der Waals surface area contributed by atoms with Crippen LogP contribution in [0.1, 0.15) is 21.5 Å². The van der Waals surface area contributed by atoms with Crippen molar-refractivity contribution in [3.63, 3.8) is 0 Å². The minimum atomic E-state index is 0.0658. The highest BCUT2D eigenvalue weighted by Gasteiger charge is 2.22. The van der Waals surface area contributed by atoms with Gasteiger partial charge in [-0.15, -0.1) is 0 Å². The van der Waals surface area contributed by atoms with Crippen molar-refractivity contribution in [2.24, 2.45) is 0 Å². The Morgan fingerprint density at radius 3 is 2.43 bits per heavy atom. The number of nitrogens with zero attached hydrogens (tertiary/aromatic N) is 4. The number of benzene rings is 3. The first-order valence-corrected chi connectivity index (χ1v) is 12.0. The SMILES string of the molecule is Cc1ccc(-c2nccc(Nc3cccc(C(=O)N4CCN(Cc5ccccc5)CC4)c3)n2)cc1. The largest absolute Gasteiger partial charge is 0.340 e. The normalized spacial score (nSPS) is 14.0. The maximum Gasteiger partial charge on any atom is 0.254 e. The number of aryl methyl sites for hydroxylation is 1. The van der Waals surface area contributed by atoms with Gasteiger partial charge in [-0.1, -0.05) is 66.2 Å². The van der Waals surface area contributed by atoms with E-state index in [9.17, 15) is 4.79 Å². The minimum absolute atomic E-state index is 0.0658. The molecule has 4 aromatic rings. The number of aromatic nitrogens is 2. The Balaban J connectivity index is 1.22. The maximum atomic E-state index is 13.2. The van der Waals surface area contributed by atoms with E-state index in [1.54, 1.807) is 6.20 Å². The highest BCUT2D eigenvalue weighted by molar-refractivity contribution is 5.95. The number of rotatable bonds is 6. The lowest BCUT2D eigenvalue weighted by Gasteiger charge is -2.34. The predicted molar refractivity (Wildman–Crippen MR) is 140 cm³/mol. The molecule has 0 aliphatic carbocycles. The molecule has 0 saturated carbocycles. The van der Waals surface area contributed by atoms with Gasteiger partial charge in [0.25, 0.3) is 5.91 Å². The number of amides is 1. The fourth-order valence-corrected chi connectivity index (χ4v) is 4.28. The molecule has 176 valence electrons. The van der Waals surface area contributed by atoms with Crippen molar-refractivity contribution < 1.29 is 4.79 Å². The van der Waals surface area contributed by atoms with E-state index in [0.717, 1.165) is 44.0 Å². The first kappa shape index (κ1) is 22.7. The van der Waals surface area contributed by atoms with E-state index >= 15 is 0 Å². The molecule has 1 N–H and O–H groups in total. The Morgan fingerprint density at radius 2 is 1.66 bits per heavy atom. The average Bonchev–Trinajstić information content (AvgIpc) is 2.90. The van der Waals surface area contributed by atoms with Crippen LogP contribution in [-0.4, -0.2) is 51.9 Å². The van der Waals surface area contributed by atoms with Crippen molar-refractivity contribution in [3.05, 3.63) is 108 Å². The minimum Gasteiger partial charge on any atom is -0.340 e. The fourth-order valence-electron chi connectivity index (χ4n) is 4.28. The maximum absolute atomic E-state index is 13.2. The van der Waals surface area contributed by atoms with Gasteiger partial charge in [0.1, 0.15) is 5.82 Å². The molecule has 1 saturated heterocycles. The van der Waals surface area contributed by atoms with E-state index in [2.05, 4.69) is 63.5 Å². The summed E-state index contributed by atoms with van der Waals surface area (Å²) in [5.74, 6) is 1.42. The highest BCUT2D eigenvalue weighted by atomic mass is 16.2. The van der Waals surface area contributed by atoms with Gasteiger partial charge < -0.3 is 10.2 Å². The third-order valence-corrected chi connectivity index (χ3v) is 6.26. The summed E-state index contributed by atoms with van der Waals surface area (Å²) in [5, 5.41) is 3.33. The van der Waals surface area contributed by atoms with E-state index in [4.69, 9.17) is 0 Å². The summed E-state index contributed by atoms with van der Waals surface area (Å²) in [7, 11) is 0. The van der Waals surface area contributed by atoms with Crippen LogP contribution in [0.25, 0.3) is 11.4 Å². The van der Waals surface area contributed by atoms with E-state index in [-0.39, 0.29) is 5.91 Å². The van der Waals surface area contributed by atoms with Gasteiger partial charge in [0.2, 0.25) is 0 Å². The van der Waals surface area contributed by atoms with Crippen molar-refractivity contribution in [1.82, 2.24) is 19.8 Å². The standard InChI is InChI=1S/C29H29N5O/c1-22-10-12-24(13-11-22)28-30-15-14-27(32-28)31-26-9-5-8-25(20-26)29(35)34-18-16-33(17-19-34)21-23-6-3-2-4-7-23/h2-15,20H,16-19,21H2,1H3,(H,30,31,32). The van der Waals surface area contributed by atoms with Crippen LogP contribution >= 0.6 is 0 Å². The molecule has 3 aromatic carbocycles. The molecule has 0 atom stereocenters. The van der Waals surface area contributed by atoms with E-state index in [1.165, 1.54) is 11.1 Å². The molecule has 35 heavy (non-hydrogen) atoms. The second-order valence-electron chi connectivity index (χ2n) is 8.89. The summed E-state index contributed by atoms with van der Waals surface area (Å²) in [4.78, 5) is 26.6. The number of piperazine rings is 1. The van der Waals surface area contributed by atoms with Crippen molar-refractivity contribution in [2.75, 3.05) is 31.5 Å². The number of nitrogens with one attached hydrogen (secondary N) is 1. The van der Waals surface area contributed by atoms with E-state index in [0.29, 0.717) is 17.2 Å². The van der Waals surface area contributed by atoms with Crippen LogP contribution in [-0.2, 0) is 6.54 Å². The zero-order valence-corrected chi connectivity index (χ0v) is 19.9. The van der Waals surface area contributed by atoms with Gasteiger partial charge in [-0.05, 0) is 36.8 Å². The van der Waals surface area contributed by atoms with Gasteiger partial charge in [-0.2, -0.15) is 0 Å². The first-order valence-electron chi connectivity index (χ1n) is 12.0. The lowest BCUT2D eigenvalue weighted by Crippen LogP contribution is -2.48. The van der Waals surface area contributed by atoms with Crippen LogP contribution in [0.2, 0.25) is 0 Å². The molecule has 0 bridgehead atoms. The average molecular weight is 464 g/mol. The van der Waals surface area contributed by atoms with Crippen LogP contribution in [0, 0.1) is 6.92 Å². The fraction of sp³-hybridized carbons (Fsp3) is 0.207. The number of carbonyl (C=O) groups is 1. The molecule has 6 nitrogen and oxygen atoms in total. The van der Waals surface area contributed by atoms with Gasteiger partial charge in [0.05, 0.1) is 0 Å². The van der Waals surface area contributed by atoms with Crippen molar-refractivity contribution in [1.29, 1.82) is 0 Å². The summed E-state index contributed by atoms with van der Waals surface area (Å²) in [5.41, 5.74) is 4.98. The summed E-state index contributed by atoms with van der Waals surface area (Å²) in [6.07, 6.45) is 1.74. The van der Waals surface area contributed by atoms with Crippen molar-refractivity contribution >= 4 is 17.4 Å². The zero-order valence-electron chi connectivity index (χ0n) is 19.9. The van der Waals surface area contributed by atoms with Gasteiger partial charge in [-0.25, -0.2) is 9.97 Å². The third kappa shape index (κ3) is 5.73. The van der Waals surface area contributed by atoms with Crippen LogP contribution < -0.4 is 5.32 Å². The topological polar surface area (TPSA) is 61.4 Å². The Bertz CT molecular complexity index is 1280. The molecule has 0 spiro atoms. The molecular weight excluding hydrogens is 434 g/mol. The smallest absolute Gasteiger partial charge is 0.254 e. The summed E-state index contributed by atoms with van der Waals surface area (Å²) < 4.78 is 0. The number of anilines is 2. The second-order valence-corrected chi connectivity index (χ2v) is 8.89. The van der Waals surface area contributed by atoms with Gasteiger partial charge in [0, 0.05) is 55.7 Å². The van der Waals surface area contributed by atoms with Crippen LogP contribution in [0.3, 0.4) is 0 Å². The van der Waals surface area contributed by atoms with Crippen molar-refractivity contribution in [2.45, 2.75) is 13.5 Å². The molecule has 1 aliphatic heterocycles. The number of hydrogen-bond acceptors (Lipinski definition) is 5. The lowest BCUT2D eigenvalue weighted by atomic mass is 10.1. The van der Waals surface area contributed by atoms with E-state index < -0.39 is 0 Å². The van der Waals surface area contributed by atoms with Crippen LogP contribution in [0.5, 0.6) is 0 Å². The van der Waals surface area contributed by atoms with Gasteiger partial charge >= 0.3 is 0 Å². The second kappa shape index (κ2) is 10.5. The number of hydrogen-bond donors (Lipinski definition) is 1. The number of carbonyl (C=O) groups excluding carboxylic acids is 1. The highest BCUT2D eigenvalue weighted by Crippen LogP contribution is 2.21. The summed E-state index contributed by atoms with van der Waals surface area (Å²) >= 11 is 0. The first-order chi connectivity index (χ1) is 17.1. The predicted octanol–water partition coefficient (Wildman–Crippen LogP) is 5.15. The molecule has 1 aromatic heterocycles. The van der Waals surface area contributed by atoms with Crippen molar-refractivity contribution in [3.8, 4) is 11.4 Å².